The van der Waals surface area contributed by atoms with Crippen LogP contribution in [0.5, 0.6) is 11.5 Å². The zero-order valence-electron chi connectivity index (χ0n) is 17.0. The summed E-state index contributed by atoms with van der Waals surface area (Å²) in [6, 6.07) is 7.27. The summed E-state index contributed by atoms with van der Waals surface area (Å²) in [4.78, 5) is 15.6. The van der Waals surface area contributed by atoms with E-state index in [9.17, 15) is 10.1 Å². The van der Waals surface area contributed by atoms with E-state index in [0.29, 0.717) is 39.5 Å². The van der Waals surface area contributed by atoms with Gasteiger partial charge in [0.1, 0.15) is 11.6 Å². The smallest absolute Gasteiger partial charge is 0.343 e. The fourth-order valence-corrected chi connectivity index (χ4v) is 2.92. The van der Waals surface area contributed by atoms with Crippen LogP contribution in [0.15, 0.2) is 27.8 Å². The maximum Gasteiger partial charge on any atom is 0.343 e. The van der Waals surface area contributed by atoms with Gasteiger partial charge in [0.25, 0.3) is 0 Å². The summed E-state index contributed by atoms with van der Waals surface area (Å²) >= 11 is 3.44. The number of carbonyl (C=O) groups excluding carboxylic acids is 1. The van der Waals surface area contributed by atoms with Gasteiger partial charge in [-0.3, -0.25) is 5.43 Å². The Bertz CT molecular complexity index is 988. The number of methoxy groups -OCH3 is 3. The van der Waals surface area contributed by atoms with E-state index >= 15 is 0 Å². The van der Waals surface area contributed by atoms with Crippen LogP contribution in [-0.2, 0) is 20.9 Å². The number of pyridine rings is 1. The van der Waals surface area contributed by atoms with E-state index in [1.54, 1.807) is 25.3 Å². The van der Waals surface area contributed by atoms with E-state index in [1.807, 2.05) is 6.92 Å². The van der Waals surface area contributed by atoms with Crippen molar-refractivity contribution in [2.75, 3.05) is 33.4 Å². The summed E-state index contributed by atoms with van der Waals surface area (Å²) in [5.41, 5.74) is 5.30. The number of halogens is 1. The first-order chi connectivity index (χ1) is 14.4. The number of benzene rings is 1. The van der Waals surface area contributed by atoms with Crippen LogP contribution in [0.4, 0.5) is 5.82 Å². The average Bonchev–Trinajstić information content (AvgIpc) is 2.73. The molecule has 10 heteroatoms. The Morgan fingerprint density at radius 1 is 1.30 bits per heavy atom. The summed E-state index contributed by atoms with van der Waals surface area (Å²) in [7, 11) is 4.33. The van der Waals surface area contributed by atoms with Crippen LogP contribution in [0.25, 0.3) is 0 Å². The minimum atomic E-state index is -0.505. The molecule has 0 unspecified atom stereocenters. The number of aryl methyl sites for hydroxylation is 1. The maximum atomic E-state index is 11.3. The van der Waals surface area contributed by atoms with E-state index < -0.39 is 5.97 Å². The van der Waals surface area contributed by atoms with Crippen LogP contribution in [-0.4, -0.2) is 45.1 Å². The van der Waals surface area contributed by atoms with E-state index in [4.69, 9.17) is 14.2 Å². The molecule has 1 aromatic carbocycles. The molecule has 2 rings (SSSR count). The van der Waals surface area contributed by atoms with E-state index in [2.05, 4.69) is 42.2 Å². The standard InChI is InChI=1S/C20H21BrN4O5/c1-12-5-14(10-27-2)15(8-22)20(24-12)25-23-9-13-6-17(28-3)18(7-16(13)21)30-11-19(26)29-4/h5-7,9H,10-11H2,1-4H3,(H,24,25). The third kappa shape index (κ3) is 5.92. The Kier molecular flexibility index (Phi) is 8.58. The highest BCUT2D eigenvalue weighted by molar-refractivity contribution is 9.10. The quantitative estimate of drug-likeness (QED) is 0.333. The Morgan fingerprint density at radius 2 is 2.07 bits per heavy atom. The second-order valence-corrected chi connectivity index (χ2v) is 6.80. The predicted molar refractivity (Wildman–Crippen MR) is 114 cm³/mol. The van der Waals surface area contributed by atoms with Crippen LogP contribution in [0.3, 0.4) is 0 Å². The molecule has 1 heterocycles. The van der Waals surface area contributed by atoms with Crippen molar-refractivity contribution in [3.8, 4) is 17.6 Å². The molecule has 0 saturated carbocycles. The van der Waals surface area contributed by atoms with Crippen molar-refractivity contribution in [3.63, 3.8) is 0 Å². The fourth-order valence-electron chi connectivity index (χ4n) is 2.50. The molecule has 0 aliphatic rings. The van der Waals surface area contributed by atoms with Crippen LogP contribution >= 0.6 is 15.9 Å². The largest absolute Gasteiger partial charge is 0.493 e. The number of hydrazone groups is 1. The SMILES string of the molecule is COCc1cc(C)nc(NN=Cc2cc(OC)c(OCC(=O)OC)cc2Br)c1C#N. The fraction of sp³-hybridized carbons (Fsp3) is 0.300. The number of esters is 1. The van der Waals surface area contributed by atoms with Crippen molar-refractivity contribution in [2.24, 2.45) is 5.10 Å². The summed E-state index contributed by atoms with van der Waals surface area (Å²) < 4.78 is 21.1. The van der Waals surface area contributed by atoms with Crippen LogP contribution in [0, 0.1) is 18.3 Å². The van der Waals surface area contributed by atoms with Gasteiger partial charge in [0.2, 0.25) is 0 Å². The number of anilines is 1. The van der Waals surface area contributed by atoms with E-state index in [-0.39, 0.29) is 6.61 Å². The summed E-state index contributed by atoms with van der Waals surface area (Å²) in [5.74, 6) is 0.616. The van der Waals surface area contributed by atoms with Crippen molar-refractivity contribution < 1.29 is 23.7 Å². The first-order valence-corrected chi connectivity index (χ1v) is 9.48. The van der Waals surface area contributed by atoms with E-state index in [0.717, 1.165) is 11.3 Å². The zero-order valence-corrected chi connectivity index (χ0v) is 18.6. The molecule has 1 aromatic heterocycles. The zero-order chi connectivity index (χ0) is 22.1. The second-order valence-electron chi connectivity index (χ2n) is 5.95. The highest BCUT2D eigenvalue weighted by atomic mass is 79.9. The molecule has 0 bridgehead atoms. The molecule has 0 saturated heterocycles. The molecule has 0 atom stereocenters. The average molecular weight is 477 g/mol. The molecule has 0 aliphatic heterocycles. The summed E-state index contributed by atoms with van der Waals surface area (Å²) in [5, 5.41) is 13.7. The first-order valence-electron chi connectivity index (χ1n) is 8.69. The number of hydrogen-bond donors (Lipinski definition) is 1. The van der Waals surface area contributed by atoms with Gasteiger partial charge in [-0.05, 0) is 41.1 Å². The molecule has 0 aliphatic carbocycles. The summed E-state index contributed by atoms with van der Waals surface area (Å²) in [6.07, 6.45) is 1.54. The van der Waals surface area contributed by atoms with Crippen molar-refractivity contribution in [1.82, 2.24) is 4.98 Å². The topological polar surface area (TPSA) is 115 Å². The number of hydrogen-bond acceptors (Lipinski definition) is 9. The number of nitrogens with one attached hydrogen (secondary N) is 1. The number of carbonyl (C=O) groups is 1. The van der Waals surface area contributed by atoms with Crippen molar-refractivity contribution in [2.45, 2.75) is 13.5 Å². The molecule has 9 nitrogen and oxygen atoms in total. The molecule has 1 N–H and O–H groups in total. The number of nitrogens with zero attached hydrogens (tertiary/aromatic N) is 3. The van der Waals surface area contributed by atoms with Gasteiger partial charge in [-0.2, -0.15) is 10.4 Å². The monoisotopic (exact) mass is 476 g/mol. The van der Waals surface area contributed by atoms with Gasteiger partial charge in [-0.25, -0.2) is 9.78 Å². The van der Waals surface area contributed by atoms with E-state index in [1.165, 1.54) is 20.4 Å². The molecule has 2 aromatic rings. The van der Waals surface area contributed by atoms with Gasteiger partial charge < -0.3 is 18.9 Å². The number of ether oxygens (including phenoxy) is 4. The van der Waals surface area contributed by atoms with Crippen LogP contribution < -0.4 is 14.9 Å². The highest BCUT2D eigenvalue weighted by Gasteiger charge is 2.13. The van der Waals surface area contributed by atoms with Gasteiger partial charge in [-0.1, -0.05) is 0 Å². The Balaban J connectivity index is 2.24. The third-order valence-electron chi connectivity index (χ3n) is 3.87. The minimum Gasteiger partial charge on any atom is -0.493 e. The van der Waals surface area contributed by atoms with Gasteiger partial charge in [-0.15, -0.1) is 0 Å². The predicted octanol–water partition coefficient (Wildman–Crippen LogP) is 3.18. The number of rotatable bonds is 9. The van der Waals surface area contributed by atoms with Gasteiger partial charge in [0.15, 0.2) is 23.9 Å². The Morgan fingerprint density at radius 3 is 2.70 bits per heavy atom. The van der Waals surface area contributed by atoms with Crippen molar-refractivity contribution >= 4 is 33.9 Å². The molecular formula is C20H21BrN4O5. The normalized spacial score (nSPS) is 10.5. The molecule has 0 fully saturated rings. The van der Waals surface area contributed by atoms with Gasteiger partial charge in [0, 0.05) is 28.4 Å². The van der Waals surface area contributed by atoms with Gasteiger partial charge in [0.05, 0.1) is 27.0 Å². The third-order valence-corrected chi connectivity index (χ3v) is 4.56. The maximum absolute atomic E-state index is 11.3. The minimum absolute atomic E-state index is 0.242. The van der Waals surface area contributed by atoms with Crippen LogP contribution in [0.2, 0.25) is 0 Å². The second kappa shape index (κ2) is 11.1. The van der Waals surface area contributed by atoms with Gasteiger partial charge >= 0.3 is 5.97 Å². The lowest BCUT2D eigenvalue weighted by Crippen LogP contribution is -2.13. The number of nitriles is 1. The molecule has 30 heavy (non-hydrogen) atoms. The lowest BCUT2D eigenvalue weighted by atomic mass is 10.1. The first kappa shape index (κ1) is 23.1. The molecule has 0 radical (unpaired) electrons. The molecule has 158 valence electrons. The lowest BCUT2D eigenvalue weighted by Gasteiger charge is -2.12. The summed E-state index contributed by atoms with van der Waals surface area (Å²) in [6.45, 7) is 1.87. The van der Waals surface area contributed by atoms with Crippen LogP contribution in [0.1, 0.15) is 22.4 Å². The Hall–Kier alpha value is -3.16. The Labute approximate surface area is 182 Å². The van der Waals surface area contributed by atoms with Crippen molar-refractivity contribution in [1.29, 1.82) is 5.26 Å². The van der Waals surface area contributed by atoms with Crippen molar-refractivity contribution in [3.05, 3.63) is 45.1 Å². The highest BCUT2D eigenvalue weighted by Crippen LogP contribution is 2.33. The molecular weight excluding hydrogens is 456 g/mol. The molecule has 0 amide bonds. The number of aromatic nitrogens is 1. The lowest BCUT2D eigenvalue weighted by molar-refractivity contribution is -0.142. The molecule has 0 spiro atoms.